The normalized spacial score (nSPS) is 18.7. The number of aliphatic hydroxyl groups excluding tert-OH is 1. The van der Waals surface area contributed by atoms with Crippen LogP contribution in [-0.4, -0.2) is 11.2 Å². The van der Waals surface area contributed by atoms with Crippen molar-refractivity contribution in [2.75, 3.05) is 0 Å². The SMILES string of the molecule is CCCCC(C)CC(C)CCC[C@H](C)[C@H](C)O. The van der Waals surface area contributed by atoms with Crippen LogP contribution in [0, 0.1) is 17.8 Å². The quantitative estimate of drug-likeness (QED) is 0.570. The first-order valence-corrected chi connectivity index (χ1v) is 7.65. The molecule has 17 heavy (non-hydrogen) atoms. The average molecular weight is 242 g/mol. The van der Waals surface area contributed by atoms with E-state index in [2.05, 4.69) is 27.7 Å². The van der Waals surface area contributed by atoms with Gasteiger partial charge >= 0.3 is 0 Å². The van der Waals surface area contributed by atoms with Gasteiger partial charge in [-0.25, -0.2) is 0 Å². The van der Waals surface area contributed by atoms with Crippen LogP contribution in [0.1, 0.15) is 79.6 Å². The fourth-order valence-electron chi connectivity index (χ4n) is 2.50. The molecule has 0 rings (SSSR count). The Bertz CT molecular complexity index is 165. The maximum atomic E-state index is 9.43. The zero-order chi connectivity index (χ0) is 13.3. The summed E-state index contributed by atoms with van der Waals surface area (Å²) in [7, 11) is 0. The van der Waals surface area contributed by atoms with Gasteiger partial charge in [0.15, 0.2) is 0 Å². The zero-order valence-electron chi connectivity index (χ0n) is 12.7. The van der Waals surface area contributed by atoms with Crippen LogP contribution in [0.25, 0.3) is 0 Å². The van der Waals surface area contributed by atoms with Crippen molar-refractivity contribution in [1.29, 1.82) is 0 Å². The summed E-state index contributed by atoms with van der Waals surface area (Å²) in [4.78, 5) is 0. The molecular weight excluding hydrogens is 208 g/mol. The molecule has 0 saturated heterocycles. The number of rotatable bonds is 10. The molecule has 0 aliphatic heterocycles. The highest BCUT2D eigenvalue weighted by atomic mass is 16.3. The number of hydrogen-bond donors (Lipinski definition) is 1. The summed E-state index contributed by atoms with van der Waals surface area (Å²) in [6, 6.07) is 0. The molecule has 1 heteroatoms. The summed E-state index contributed by atoms with van der Waals surface area (Å²) < 4.78 is 0. The molecule has 0 aliphatic carbocycles. The Hall–Kier alpha value is -0.0400. The molecule has 0 amide bonds. The van der Waals surface area contributed by atoms with E-state index in [9.17, 15) is 5.11 Å². The molecule has 0 aromatic carbocycles. The molecule has 0 saturated carbocycles. The van der Waals surface area contributed by atoms with Crippen LogP contribution in [0.2, 0.25) is 0 Å². The zero-order valence-corrected chi connectivity index (χ0v) is 12.7. The highest BCUT2D eigenvalue weighted by Gasteiger charge is 2.11. The van der Waals surface area contributed by atoms with Gasteiger partial charge in [0.1, 0.15) is 0 Å². The minimum absolute atomic E-state index is 0.145. The summed E-state index contributed by atoms with van der Waals surface area (Å²) in [5.41, 5.74) is 0. The minimum Gasteiger partial charge on any atom is -0.393 e. The van der Waals surface area contributed by atoms with Crippen LogP contribution in [0.3, 0.4) is 0 Å². The summed E-state index contributed by atoms with van der Waals surface area (Å²) in [6.07, 6.45) is 9.10. The largest absolute Gasteiger partial charge is 0.393 e. The molecule has 0 bridgehead atoms. The van der Waals surface area contributed by atoms with Crippen LogP contribution < -0.4 is 0 Å². The van der Waals surface area contributed by atoms with E-state index in [1.807, 2.05) is 6.92 Å². The second kappa shape index (κ2) is 9.94. The van der Waals surface area contributed by atoms with E-state index in [0.29, 0.717) is 5.92 Å². The van der Waals surface area contributed by atoms with Crippen molar-refractivity contribution < 1.29 is 5.11 Å². The van der Waals surface area contributed by atoms with Gasteiger partial charge in [-0.05, 0) is 37.5 Å². The third-order valence-electron chi connectivity index (χ3n) is 4.04. The molecular formula is C16H34O. The molecule has 0 aromatic heterocycles. The van der Waals surface area contributed by atoms with Crippen LogP contribution in [-0.2, 0) is 0 Å². The van der Waals surface area contributed by atoms with Gasteiger partial charge in [-0.2, -0.15) is 0 Å². The molecule has 0 heterocycles. The fraction of sp³-hybridized carbons (Fsp3) is 1.00. The van der Waals surface area contributed by atoms with E-state index < -0.39 is 0 Å². The third-order valence-corrected chi connectivity index (χ3v) is 4.04. The van der Waals surface area contributed by atoms with Gasteiger partial charge in [-0.1, -0.05) is 59.8 Å². The van der Waals surface area contributed by atoms with Gasteiger partial charge in [-0.15, -0.1) is 0 Å². The van der Waals surface area contributed by atoms with Gasteiger partial charge in [0.25, 0.3) is 0 Å². The first-order chi connectivity index (χ1) is 7.97. The minimum atomic E-state index is -0.145. The topological polar surface area (TPSA) is 20.2 Å². The van der Waals surface area contributed by atoms with Crippen molar-refractivity contribution in [3.63, 3.8) is 0 Å². The summed E-state index contributed by atoms with van der Waals surface area (Å²) in [5, 5.41) is 9.43. The smallest absolute Gasteiger partial charge is 0.0537 e. The predicted octanol–water partition coefficient (Wildman–Crippen LogP) is 5.03. The van der Waals surface area contributed by atoms with Crippen LogP contribution >= 0.6 is 0 Å². The molecule has 2 unspecified atom stereocenters. The lowest BCUT2D eigenvalue weighted by Crippen LogP contribution is -2.13. The number of aliphatic hydroxyl groups is 1. The summed E-state index contributed by atoms with van der Waals surface area (Å²) in [6.45, 7) is 11.1. The molecule has 1 N–H and O–H groups in total. The summed E-state index contributed by atoms with van der Waals surface area (Å²) in [5.74, 6) is 2.20. The molecule has 0 aliphatic rings. The highest BCUT2D eigenvalue weighted by molar-refractivity contribution is 4.63. The molecule has 0 aromatic rings. The first kappa shape index (κ1) is 17.0. The molecule has 4 atom stereocenters. The fourth-order valence-corrected chi connectivity index (χ4v) is 2.50. The van der Waals surface area contributed by atoms with Crippen molar-refractivity contribution >= 4 is 0 Å². The van der Waals surface area contributed by atoms with Crippen LogP contribution in [0.5, 0.6) is 0 Å². The second-order valence-corrected chi connectivity index (χ2v) is 6.24. The van der Waals surface area contributed by atoms with E-state index in [0.717, 1.165) is 11.8 Å². The highest BCUT2D eigenvalue weighted by Crippen LogP contribution is 2.23. The van der Waals surface area contributed by atoms with E-state index in [-0.39, 0.29) is 6.10 Å². The standard InChI is InChI=1S/C16H34O/c1-6-7-9-13(2)12-14(3)10-8-11-15(4)16(5)17/h13-17H,6-12H2,1-5H3/t13?,14?,15-,16-/m0/s1. The van der Waals surface area contributed by atoms with Gasteiger partial charge in [-0.3, -0.25) is 0 Å². The maximum Gasteiger partial charge on any atom is 0.0537 e. The summed E-state index contributed by atoms with van der Waals surface area (Å²) >= 11 is 0. The van der Waals surface area contributed by atoms with Crippen molar-refractivity contribution in [2.24, 2.45) is 17.8 Å². The Morgan fingerprint density at radius 1 is 0.824 bits per heavy atom. The van der Waals surface area contributed by atoms with E-state index >= 15 is 0 Å². The molecule has 1 nitrogen and oxygen atoms in total. The lowest BCUT2D eigenvalue weighted by Gasteiger charge is -2.19. The molecule has 0 spiro atoms. The monoisotopic (exact) mass is 242 g/mol. The Morgan fingerprint density at radius 2 is 1.35 bits per heavy atom. The van der Waals surface area contributed by atoms with Crippen molar-refractivity contribution in [2.45, 2.75) is 85.7 Å². The van der Waals surface area contributed by atoms with Gasteiger partial charge in [0.2, 0.25) is 0 Å². The van der Waals surface area contributed by atoms with Gasteiger partial charge in [0, 0.05) is 0 Å². The lowest BCUT2D eigenvalue weighted by atomic mass is 9.88. The van der Waals surface area contributed by atoms with Crippen LogP contribution in [0.4, 0.5) is 0 Å². The maximum absolute atomic E-state index is 9.43. The Kier molecular flexibility index (Phi) is 9.91. The molecule has 0 radical (unpaired) electrons. The van der Waals surface area contributed by atoms with E-state index in [4.69, 9.17) is 0 Å². The van der Waals surface area contributed by atoms with Gasteiger partial charge in [0.05, 0.1) is 6.10 Å². The second-order valence-electron chi connectivity index (χ2n) is 6.24. The van der Waals surface area contributed by atoms with E-state index in [1.165, 1.54) is 44.9 Å². The Morgan fingerprint density at radius 3 is 1.82 bits per heavy atom. The van der Waals surface area contributed by atoms with Crippen molar-refractivity contribution in [3.8, 4) is 0 Å². The van der Waals surface area contributed by atoms with E-state index in [1.54, 1.807) is 0 Å². The van der Waals surface area contributed by atoms with Crippen LogP contribution in [0.15, 0.2) is 0 Å². The Balaban J connectivity index is 3.55. The van der Waals surface area contributed by atoms with Crippen molar-refractivity contribution in [1.82, 2.24) is 0 Å². The lowest BCUT2D eigenvalue weighted by molar-refractivity contribution is 0.127. The predicted molar refractivity (Wildman–Crippen MR) is 77.2 cm³/mol. The third kappa shape index (κ3) is 9.64. The Labute approximate surface area is 109 Å². The first-order valence-electron chi connectivity index (χ1n) is 7.65. The average Bonchev–Trinajstić information content (AvgIpc) is 2.25. The number of unbranched alkanes of at least 4 members (excludes halogenated alkanes) is 1. The van der Waals surface area contributed by atoms with Gasteiger partial charge < -0.3 is 5.11 Å². The number of hydrogen-bond acceptors (Lipinski definition) is 1. The molecule has 0 fully saturated rings. The molecule has 104 valence electrons. The van der Waals surface area contributed by atoms with Crippen molar-refractivity contribution in [3.05, 3.63) is 0 Å².